The average molecular weight is 573 g/mol. The molecule has 0 aromatic heterocycles. The quantitative estimate of drug-likeness (QED) is 0.363. The van der Waals surface area contributed by atoms with Gasteiger partial charge in [0.15, 0.2) is 0 Å². The fraction of sp³-hybridized carbons (Fsp3) is 0.344. The summed E-state index contributed by atoms with van der Waals surface area (Å²) in [6.45, 7) is 2.82. The number of nitrogens with zero attached hydrogens (tertiary/aromatic N) is 2. The number of benzene rings is 3. The summed E-state index contributed by atoms with van der Waals surface area (Å²) in [4.78, 5) is 17.0. The second-order valence-corrected chi connectivity index (χ2v) is 14.3. The number of carbonyl (C=O) groups is 1. The van der Waals surface area contributed by atoms with Gasteiger partial charge < -0.3 is 9.64 Å². The van der Waals surface area contributed by atoms with Gasteiger partial charge in [0.05, 0.1) is 29.1 Å². The van der Waals surface area contributed by atoms with Crippen molar-refractivity contribution in [2.45, 2.75) is 59.1 Å². The van der Waals surface area contributed by atoms with Crippen LogP contribution in [0.5, 0.6) is 5.75 Å². The molecule has 6 nitrogen and oxygen atoms in total. The van der Waals surface area contributed by atoms with Crippen molar-refractivity contribution in [2.75, 3.05) is 18.0 Å². The molecule has 0 bridgehead atoms. The Bertz CT molecular complexity index is 1620. The van der Waals surface area contributed by atoms with E-state index in [4.69, 9.17) is 4.74 Å². The Morgan fingerprint density at radius 3 is 2.45 bits per heavy atom. The highest BCUT2D eigenvalue weighted by Crippen LogP contribution is 2.68. The zero-order valence-corrected chi connectivity index (χ0v) is 24.3. The van der Waals surface area contributed by atoms with E-state index in [1.54, 1.807) is 47.4 Å². The summed E-state index contributed by atoms with van der Waals surface area (Å²) in [5.41, 5.74) is 1.74. The van der Waals surface area contributed by atoms with Crippen LogP contribution < -0.4 is 9.04 Å². The number of piperidine rings is 1. The van der Waals surface area contributed by atoms with E-state index in [9.17, 15) is 13.2 Å². The molecule has 3 heterocycles. The van der Waals surface area contributed by atoms with Crippen molar-refractivity contribution >= 4 is 33.4 Å². The minimum atomic E-state index is -3.95. The van der Waals surface area contributed by atoms with Crippen LogP contribution in [0.4, 0.5) is 5.69 Å². The van der Waals surface area contributed by atoms with E-state index in [-0.39, 0.29) is 27.5 Å². The zero-order chi connectivity index (χ0) is 27.7. The number of fused-ring (bicyclic) bond motifs is 1. The molecule has 0 unspecified atom stereocenters. The van der Waals surface area contributed by atoms with Gasteiger partial charge in [-0.2, -0.15) is 0 Å². The number of hydrogen-bond acceptors (Lipinski definition) is 5. The standard InChI is InChI=1S/C32H32N2O4S2/c1-3-31-19-17-27-32(28(39-23-9-5-4-6-10-23)21-33(30(31)32)29(35)18-20-31)25-11-7-8-12-26(25)34(27)40(36,37)24-15-13-22(38-2)14-16-24/h4-17,28,30H,3,18-21H2,1-2H3/t28-,30+,31-,32+/m0/s1. The minimum absolute atomic E-state index is 0.0448. The van der Waals surface area contributed by atoms with Crippen molar-refractivity contribution in [3.63, 3.8) is 0 Å². The van der Waals surface area contributed by atoms with Crippen molar-refractivity contribution in [2.24, 2.45) is 5.41 Å². The Morgan fingerprint density at radius 1 is 1.00 bits per heavy atom. The number of hydrogen-bond donors (Lipinski definition) is 0. The molecule has 2 fully saturated rings. The molecule has 3 aromatic carbocycles. The van der Waals surface area contributed by atoms with E-state index in [1.165, 1.54) is 0 Å². The second-order valence-electron chi connectivity index (χ2n) is 11.2. The van der Waals surface area contributed by atoms with Crippen molar-refractivity contribution in [3.8, 4) is 5.75 Å². The lowest BCUT2D eigenvalue weighted by Gasteiger charge is -2.55. The van der Waals surface area contributed by atoms with Crippen LogP contribution in [0.1, 0.15) is 38.2 Å². The molecule has 3 aliphatic heterocycles. The first-order valence-corrected chi connectivity index (χ1v) is 16.2. The maximum Gasteiger partial charge on any atom is 0.268 e. The molecule has 206 valence electrons. The molecule has 0 N–H and O–H groups in total. The number of amides is 1. The summed E-state index contributed by atoms with van der Waals surface area (Å²) in [7, 11) is -2.39. The number of methoxy groups -OCH3 is 1. The van der Waals surface area contributed by atoms with Crippen LogP contribution in [0.25, 0.3) is 0 Å². The predicted octanol–water partition coefficient (Wildman–Crippen LogP) is 5.99. The number of carbonyl (C=O) groups excluding carboxylic acids is 1. The Morgan fingerprint density at radius 2 is 1.73 bits per heavy atom. The van der Waals surface area contributed by atoms with Crippen LogP contribution in [-0.4, -0.2) is 44.2 Å². The number of anilines is 1. The second kappa shape index (κ2) is 9.14. The predicted molar refractivity (Wildman–Crippen MR) is 157 cm³/mol. The molecule has 1 spiro atoms. The Labute approximate surface area is 240 Å². The largest absolute Gasteiger partial charge is 0.497 e. The molecule has 8 heteroatoms. The van der Waals surface area contributed by atoms with Gasteiger partial charge in [0.2, 0.25) is 5.91 Å². The zero-order valence-electron chi connectivity index (χ0n) is 22.6. The van der Waals surface area contributed by atoms with Crippen molar-refractivity contribution in [1.82, 2.24) is 4.90 Å². The van der Waals surface area contributed by atoms with Crippen LogP contribution in [-0.2, 0) is 20.2 Å². The number of rotatable bonds is 6. The Hall–Kier alpha value is -3.23. The highest BCUT2D eigenvalue weighted by atomic mass is 32.2. The molecule has 1 aliphatic carbocycles. The average Bonchev–Trinajstić information content (AvgIpc) is 3.50. The maximum absolute atomic E-state index is 14.5. The van der Waals surface area contributed by atoms with E-state index in [1.807, 2.05) is 36.4 Å². The summed E-state index contributed by atoms with van der Waals surface area (Å²) < 4.78 is 35.9. The van der Waals surface area contributed by atoms with E-state index in [0.717, 1.165) is 35.4 Å². The Balaban J connectivity index is 1.48. The molecule has 40 heavy (non-hydrogen) atoms. The van der Waals surface area contributed by atoms with Crippen LogP contribution in [0.2, 0.25) is 0 Å². The highest BCUT2D eigenvalue weighted by molar-refractivity contribution is 8.00. The number of ether oxygens (including phenoxy) is 1. The Kier molecular flexibility index (Phi) is 5.88. The molecule has 7 rings (SSSR count). The molecular formula is C32H32N2O4S2. The van der Waals surface area contributed by atoms with Gasteiger partial charge in [-0.25, -0.2) is 12.7 Å². The number of allylic oxidation sites excluding steroid dienone is 1. The van der Waals surface area contributed by atoms with Crippen molar-refractivity contribution < 1.29 is 17.9 Å². The molecule has 4 atom stereocenters. The van der Waals surface area contributed by atoms with Crippen molar-refractivity contribution in [1.29, 1.82) is 0 Å². The topological polar surface area (TPSA) is 66.9 Å². The first-order valence-electron chi connectivity index (χ1n) is 13.9. The SMILES string of the molecule is CC[C@]12CC=C3N(S(=O)(=O)c4ccc(OC)cc4)c4ccccc4[C@]34[C@@H](Sc3ccccc3)CN(C(=O)CC1)[C@H]24. The summed E-state index contributed by atoms with van der Waals surface area (Å²) in [6, 6.07) is 24.7. The lowest BCUT2D eigenvalue weighted by atomic mass is 9.55. The fourth-order valence-corrected chi connectivity index (χ4v) is 10.8. The van der Waals surface area contributed by atoms with Crippen LogP contribution in [0.15, 0.2) is 100 Å². The van der Waals surface area contributed by atoms with Gasteiger partial charge >= 0.3 is 0 Å². The fourth-order valence-electron chi connectivity index (χ4n) is 7.79. The summed E-state index contributed by atoms with van der Waals surface area (Å²) in [6.07, 6.45) is 5.25. The van der Waals surface area contributed by atoms with Crippen LogP contribution in [0, 0.1) is 5.41 Å². The van der Waals surface area contributed by atoms with Crippen molar-refractivity contribution in [3.05, 3.63) is 96.2 Å². The van der Waals surface area contributed by atoms with Gasteiger partial charge in [0, 0.05) is 28.8 Å². The normalized spacial score (nSPS) is 28.6. The third-order valence-corrected chi connectivity index (χ3v) is 12.7. The monoisotopic (exact) mass is 572 g/mol. The number of sulfonamides is 1. The minimum Gasteiger partial charge on any atom is -0.497 e. The molecule has 3 aromatic rings. The molecule has 4 aliphatic rings. The lowest BCUT2D eigenvalue weighted by Crippen LogP contribution is -2.61. The van der Waals surface area contributed by atoms with E-state index >= 15 is 0 Å². The van der Waals surface area contributed by atoms with Gasteiger partial charge in [0.1, 0.15) is 5.75 Å². The first-order chi connectivity index (χ1) is 19.4. The van der Waals surface area contributed by atoms with Crippen LogP contribution >= 0.6 is 11.8 Å². The van der Waals surface area contributed by atoms with Gasteiger partial charge in [-0.15, -0.1) is 11.8 Å². The number of para-hydroxylation sites is 1. The number of thioether (sulfide) groups is 1. The summed E-state index contributed by atoms with van der Waals surface area (Å²) in [5.74, 6) is 0.785. The third-order valence-electron chi connectivity index (χ3n) is 9.59. The van der Waals surface area contributed by atoms with E-state index < -0.39 is 15.4 Å². The van der Waals surface area contributed by atoms with E-state index in [0.29, 0.717) is 24.4 Å². The van der Waals surface area contributed by atoms with Gasteiger partial charge in [-0.05, 0) is 72.7 Å². The van der Waals surface area contributed by atoms with Gasteiger partial charge in [0.25, 0.3) is 10.0 Å². The van der Waals surface area contributed by atoms with Crippen LogP contribution in [0.3, 0.4) is 0 Å². The molecule has 0 radical (unpaired) electrons. The van der Waals surface area contributed by atoms with Gasteiger partial charge in [-0.3, -0.25) is 4.79 Å². The molecule has 0 saturated carbocycles. The molecular weight excluding hydrogens is 540 g/mol. The summed E-state index contributed by atoms with van der Waals surface area (Å²) >= 11 is 1.77. The maximum atomic E-state index is 14.5. The smallest absolute Gasteiger partial charge is 0.268 e. The third kappa shape index (κ3) is 3.35. The van der Waals surface area contributed by atoms with E-state index in [2.05, 4.69) is 36.1 Å². The first kappa shape index (κ1) is 25.7. The highest BCUT2D eigenvalue weighted by Gasteiger charge is 2.71. The summed E-state index contributed by atoms with van der Waals surface area (Å²) in [5, 5.41) is -0.0448. The lowest BCUT2D eigenvalue weighted by molar-refractivity contribution is -0.142. The molecule has 2 saturated heterocycles. The van der Waals surface area contributed by atoms with Gasteiger partial charge in [-0.1, -0.05) is 49.4 Å². The molecule has 1 amide bonds.